The zero-order chi connectivity index (χ0) is 15.0. The van der Waals surface area contributed by atoms with E-state index in [9.17, 15) is 13.2 Å². The van der Waals surface area contributed by atoms with Crippen LogP contribution in [0, 0.1) is 0 Å². The molecule has 0 N–H and O–H groups in total. The minimum atomic E-state index is -3.52. The zero-order valence-corrected chi connectivity index (χ0v) is 13.3. The fourth-order valence-electron chi connectivity index (χ4n) is 2.69. The molecule has 0 aliphatic carbocycles. The normalized spacial score (nSPS) is 26.1. The molecule has 2 fully saturated rings. The molecule has 0 aromatic rings. The second-order valence-electron chi connectivity index (χ2n) is 6.42. The highest BCUT2D eigenvalue weighted by molar-refractivity contribution is 7.86. The number of hydrogen-bond donors (Lipinski definition) is 0. The van der Waals surface area contributed by atoms with Crippen molar-refractivity contribution in [2.24, 2.45) is 0 Å². The zero-order valence-electron chi connectivity index (χ0n) is 12.5. The predicted octanol–water partition coefficient (Wildman–Crippen LogP) is 1.13. The van der Waals surface area contributed by atoms with Gasteiger partial charge in [0.25, 0.3) is 10.2 Å². The van der Waals surface area contributed by atoms with Gasteiger partial charge in [0.2, 0.25) is 0 Å². The molecule has 0 aromatic carbocycles. The number of rotatable bonds is 3. The molecule has 0 spiro atoms. The van der Waals surface area contributed by atoms with E-state index >= 15 is 0 Å². The van der Waals surface area contributed by atoms with Gasteiger partial charge in [0.05, 0.1) is 0 Å². The SMILES string of the molecule is CC(C)(C)OC(=O)[C@H]1CCCN1S(=O)(=O)N1CCCC1. The monoisotopic (exact) mass is 304 g/mol. The Morgan fingerprint density at radius 3 is 2.25 bits per heavy atom. The largest absolute Gasteiger partial charge is 0.459 e. The molecule has 2 aliphatic heterocycles. The van der Waals surface area contributed by atoms with Crippen molar-refractivity contribution in [1.82, 2.24) is 8.61 Å². The van der Waals surface area contributed by atoms with Crippen molar-refractivity contribution in [3.63, 3.8) is 0 Å². The van der Waals surface area contributed by atoms with E-state index in [1.807, 2.05) is 0 Å². The van der Waals surface area contributed by atoms with Crippen LogP contribution in [0.25, 0.3) is 0 Å². The lowest BCUT2D eigenvalue weighted by molar-refractivity contribution is -0.158. The third-order valence-corrected chi connectivity index (χ3v) is 5.62. The first-order valence-electron chi connectivity index (χ1n) is 7.21. The Morgan fingerprint density at radius 1 is 1.10 bits per heavy atom. The van der Waals surface area contributed by atoms with Gasteiger partial charge in [0.15, 0.2) is 0 Å². The topological polar surface area (TPSA) is 66.9 Å². The van der Waals surface area contributed by atoms with E-state index in [0.717, 1.165) is 12.8 Å². The summed E-state index contributed by atoms with van der Waals surface area (Å²) in [6.07, 6.45) is 3.04. The van der Waals surface area contributed by atoms with Crippen LogP contribution in [-0.2, 0) is 19.7 Å². The van der Waals surface area contributed by atoms with E-state index in [4.69, 9.17) is 4.74 Å². The van der Waals surface area contributed by atoms with Gasteiger partial charge in [-0.05, 0) is 46.5 Å². The quantitative estimate of drug-likeness (QED) is 0.733. The van der Waals surface area contributed by atoms with Crippen molar-refractivity contribution in [3.05, 3.63) is 0 Å². The number of carbonyl (C=O) groups is 1. The van der Waals surface area contributed by atoms with E-state index in [1.54, 1.807) is 20.8 Å². The van der Waals surface area contributed by atoms with Crippen LogP contribution in [0.1, 0.15) is 46.5 Å². The predicted molar refractivity (Wildman–Crippen MR) is 75.3 cm³/mol. The molecule has 1 atom stereocenters. The van der Waals surface area contributed by atoms with Crippen LogP contribution >= 0.6 is 0 Å². The van der Waals surface area contributed by atoms with Gasteiger partial charge in [0, 0.05) is 19.6 Å². The summed E-state index contributed by atoms with van der Waals surface area (Å²) in [5.41, 5.74) is -0.594. The summed E-state index contributed by atoms with van der Waals surface area (Å²) in [6, 6.07) is -0.667. The molecule has 2 saturated heterocycles. The van der Waals surface area contributed by atoms with Gasteiger partial charge in [-0.25, -0.2) is 0 Å². The van der Waals surface area contributed by atoms with Crippen molar-refractivity contribution in [2.45, 2.75) is 58.1 Å². The number of hydrogen-bond acceptors (Lipinski definition) is 4. The average Bonchev–Trinajstić information content (AvgIpc) is 2.99. The van der Waals surface area contributed by atoms with Crippen LogP contribution < -0.4 is 0 Å². The Labute approximate surface area is 121 Å². The van der Waals surface area contributed by atoms with Gasteiger partial charge in [0.1, 0.15) is 11.6 Å². The van der Waals surface area contributed by atoms with Crippen molar-refractivity contribution in [2.75, 3.05) is 19.6 Å². The summed E-state index contributed by atoms with van der Waals surface area (Å²) in [5, 5.41) is 0. The molecule has 6 nitrogen and oxygen atoms in total. The Balaban J connectivity index is 2.12. The lowest BCUT2D eigenvalue weighted by atomic mass is 10.2. The van der Waals surface area contributed by atoms with Gasteiger partial charge < -0.3 is 4.74 Å². The molecule has 0 aromatic heterocycles. The lowest BCUT2D eigenvalue weighted by Crippen LogP contribution is -2.48. The van der Waals surface area contributed by atoms with E-state index < -0.39 is 27.8 Å². The average molecular weight is 304 g/mol. The van der Waals surface area contributed by atoms with Gasteiger partial charge in [-0.15, -0.1) is 0 Å². The Kier molecular flexibility index (Phi) is 4.41. The number of nitrogens with zero attached hydrogens (tertiary/aromatic N) is 2. The van der Waals surface area contributed by atoms with Crippen LogP contribution in [-0.4, -0.2) is 54.3 Å². The van der Waals surface area contributed by atoms with Crippen LogP contribution in [0.3, 0.4) is 0 Å². The molecule has 0 unspecified atom stereocenters. The molecule has 2 heterocycles. The fourth-order valence-corrected chi connectivity index (χ4v) is 4.58. The molecular weight excluding hydrogens is 280 g/mol. The molecule has 0 amide bonds. The molecule has 0 saturated carbocycles. The minimum Gasteiger partial charge on any atom is -0.459 e. The van der Waals surface area contributed by atoms with E-state index in [0.29, 0.717) is 32.5 Å². The van der Waals surface area contributed by atoms with Crippen molar-refractivity contribution in [1.29, 1.82) is 0 Å². The highest BCUT2D eigenvalue weighted by Gasteiger charge is 2.43. The van der Waals surface area contributed by atoms with E-state index in [1.165, 1.54) is 8.61 Å². The Morgan fingerprint density at radius 2 is 1.70 bits per heavy atom. The Hall–Kier alpha value is -0.660. The molecular formula is C13H24N2O4S. The lowest BCUT2D eigenvalue weighted by Gasteiger charge is -2.29. The highest BCUT2D eigenvalue weighted by Crippen LogP contribution is 2.27. The second kappa shape index (κ2) is 5.61. The molecule has 0 bridgehead atoms. The number of carbonyl (C=O) groups excluding carboxylic acids is 1. The molecule has 20 heavy (non-hydrogen) atoms. The van der Waals surface area contributed by atoms with Crippen molar-refractivity contribution >= 4 is 16.2 Å². The van der Waals surface area contributed by atoms with Crippen molar-refractivity contribution in [3.8, 4) is 0 Å². The molecule has 2 rings (SSSR count). The first-order valence-corrected chi connectivity index (χ1v) is 8.61. The Bertz CT molecular complexity index is 463. The third kappa shape index (κ3) is 3.32. The standard InChI is InChI=1S/C13H24N2O4S/c1-13(2,3)19-12(16)11-7-6-10-15(11)20(17,18)14-8-4-5-9-14/h11H,4-10H2,1-3H3/t11-/m1/s1. The summed E-state index contributed by atoms with van der Waals surface area (Å²) >= 11 is 0. The van der Waals surface area contributed by atoms with Crippen molar-refractivity contribution < 1.29 is 17.9 Å². The maximum Gasteiger partial charge on any atom is 0.325 e. The van der Waals surface area contributed by atoms with Gasteiger partial charge in [-0.2, -0.15) is 17.0 Å². The van der Waals surface area contributed by atoms with Crippen LogP contribution in [0.5, 0.6) is 0 Å². The molecule has 2 aliphatic rings. The molecule has 7 heteroatoms. The first-order chi connectivity index (χ1) is 9.22. The second-order valence-corrected chi connectivity index (χ2v) is 8.30. The fraction of sp³-hybridized carbons (Fsp3) is 0.923. The summed E-state index contributed by atoms with van der Waals surface area (Å²) in [7, 11) is -3.52. The maximum absolute atomic E-state index is 12.6. The minimum absolute atomic E-state index is 0.405. The van der Waals surface area contributed by atoms with Gasteiger partial charge in [-0.3, -0.25) is 4.79 Å². The van der Waals surface area contributed by atoms with E-state index in [2.05, 4.69) is 0 Å². The maximum atomic E-state index is 12.6. The van der Waals surface area contributed by atoms with Crippen LogP contribution in [0.2, 0.25) is 0 Å². The summed E-state index contributed by atoms with van der Waals surface area (Å²) in [4.78, 5) is 12.2. The van der Waals surface area contributed by atoms with Gasteiger partial charge in [-0.1, -0.05) is 0 Å². The first kappa shape index (κ1) is 15.7. The third-order valence-electron chi connectivity index (χ3n) is 3.57. The van der Waals surface area contributed by atoms with Gasteiger partial charge >= 0.3 is 5.97 Å². The summed E-state index contributed by atoms with van der Waals surface area (Å²) in [6.45, 7) is 6.89. The van der Waals surface area contributed by atoms with Crippen LogP contribution in [0.15, 0.2) is 0 Å². The number of ether oxygens (including phenoxy) is 1. The molecule has 0 radical (unpaired) electrons. The highest BCUT2D eigenvalue weighted by atomic mass is 32.2. The molecule has 116 valence electrons. The number of esters is 1. The van der Waals surface area contributed by atoms with Crippen LogP contribution in [0.4, 0.5) is 0 Å². The smallest absolute Gasteiger partial charge is 0.325 e. The summed E-state index contributed by atoms with van der Waals surface area (Å²) in [5.74, 6) is -0.433. The van der Waals surface area contributed by atoms with E-state index in [-0.39, 0.29) is 0 Å². The summed E-state index contributed by atoms with van der Waals surface area (Å²) < 4.78 is 33.3.